The van der Waals surface area contributed by atoms with E-state index in [1.54, 1.807) is 24.3 Å². The predicted octanol–water partition coefficient (Wildman–Crippen LogP) is 4.14. The third kappa shape index (κ3) is 3.53. The maximum Gasteiger partial charge on any atom is 0.265 e. The number of anilines is 1. The third-order valence-corrected chi connectivity index (χ3v) is 5.89. The zero-order valence-electron chi connectivity index (χ0n) is 12.8. The van der Waals surface area contributed by atoms with Crippen molar-refractivity contribution >= 4 is 31.6 Å². The molecular formula is C17H18BrNO3S. The first-order valence-corrected chi connectivity index (χ1v) is 9.75. The zero-order valence-corrected chi connectivity index (χ0v) is 15.2. The normalized spacial score (nSPS) is 14.2. The number of halogens is 1. The van der Waals surface area contributed by atoms with Crippen LogP contribution in [-0.2, 0) is 22.9 Å². The largest absolute Gasteiger partial charge is 0.495 e. The summed E-state index contributed by atoms with van der Waals surface area (Å²) in [4.78, 5) is 0.195. The van der Waals surface area contributed by atoms with E-state index in [1.807, 2.05) is 12.1 Å². The number of methoxy groups -OCH3 is 1. The van der Waals surface area contributed by atoms with Gasteiger partial charge < -0.3 is 4.74 Å². The summed E-state index contributed by atoms with van der Waals surface area (Å²) in [5.74, 6) is 0.396. The summed E-state index contributed by atoms with van der Waals surface area (Å²) in [6.07, 6.45) is 4.13. The highest BCUT2D eigenvalue weighted by molar-refractivity contribution is 9.10. The van der Waals surface area contributed by atoms with Crippen LogP contribution in [0, 0.1) is 0 Å². The second kappa shape index (κ2) is 6.53. The molecular weight excluding hydrogens is 378 g/mol. The first-order valence-electron chi connectivity index (χ1n) is 7.48. The lowest BCUT2D eigenvalue weighted by Crippen LogP contribution is -2.16. The van der Waals surface area contributed by atoms with Gasteiger partial charge in [-0.2, -0.15) is 0 Å². The summed E-state index contributed by atoms with van der Waals surface area (Å²) in [6, 6.07) is 10.7. The first-order chi connectivity index (χ1) is 11.0. The average Bonchev–Trinajstić information content (AvgIpc) is 2.53. The SMILES string of the molecule is COc1cc2c(cc1S(=O)(=O)Nc1cccc(Br)c1)CCCC2. The molecule has 3 rings (SSSR count). The van der Waals surface area contributed by atoms with Gasteiger partial charge in [-0.25, -0.2) is 8.42 Å². The van der Waals surface area contributed by atoms with E-state index < -0.39 is 10.0 Å². The van der Waals surface area contributed by atoms with Crippen LogP contribution in [0.3, 0.4) is 0 Å². The highest BCUT2D eigenvalue weighted by Crippen LogP contribution is 2.33. The molecule has 6 heteroatoms. The Balaban J connectivity index is 2.01. The Hall–Kier alpha value is -1.53. The molecule has 0 aromatic heterocycles. The van der Waals surface area contributed by atoms with Gasteiger partial charge in [0, 0.05) is 10.2 Å². The fourth-order valence-electron chi connectivity index (χ4n) is 2.87. The number of hydrogen-bond donors (Lipinski definition) is 1. The van der Waals surface area contributed by atoms with Gasteiger partial charge >= 0.3 is 0 Å². The van der Waals surface area contributed by atoms with E-state index in [0.29, 0.717) is 11.4 Å². The van der Waals surface area contributed by atoms with E-state index in [1.165, 1.54) is 12.7 Å². The lowest BCUT2D eigenvalue weighted by atomic mass is 9.92. The molecule has 0 radical (unpaired) electrons. The number of fused-ring (bicyclic) bond motifs is 1. The van der Waals surface area contributed by atoms with Gasteiger partial charge in [-0.1, -0.05) is 22.0 Å². The molecule has 0 spiro atoms. The molecule has 1 aliphatic rings. The lowest BCUT2D eigenvalue weighted by molar-refractivity contribution is 0.401. The van der Waals surface area contributed by atoms with E-state index in [0.717, 1.165) is 35.7 Å². The number of nitrogens with one attached hydrogen (secondary N) is 1. The quantitative estimate of drug-likeness (QED) is 0.845. The number of sulfonamides is 1. The third-order valence-electron chi connectivity index (χ3n) is 3.99. The van der Waals surface area contributed by atoms with Crippen LogP contribution in [0.1, 0.15) is 24.0 Å². The average molecular weight is 396 g/mol. The van der Waals surface area contributed by atoms with Gasteiger partial charge in [-0.3, -0.25) is 4.72 Å². The van der Waals surface area contributed by atoms with Gasteiger partial charge in [-0.15, -0.1) is 0 Å². The molecule has 0 amide bonds. The predicted molar refractivity (Wildman–Crippen MR) is 94.6 cm³/mol. The molecule has 0 saturated carbocycles. The molecule has 0 unspecified atom stereocenters. The highest BCUT2D eigenvalue weighted by atomic mass is 79.9. The van der Waals surface area contributed by atoms with Crippen molar-refractivity contribution in [2.24, 2.45) is 0 Å². The maximum absolute atomic E-state index is 12.8. The fraction of sp³-hybridized carbons (Fsp3) is 0.294. The van der Waals surface area contributed by atoms with Crippen molar-refractivity contribution in [3.05, 3.63) is 52.0 Å². The van der Waals surface area contributed by atoms with Crippen molar-refractivity contribution in [1.29, 1.82) is 0 Å². The highest BCUT2D eigenvalue weighted by Gasteiger charge is 2.23. The minimum Gasteiger partial charge on any atom is -0.495 e. The molecule has 1 N–H and O–H groups in total. The Morgan fingerprint density at radius 1 is 1.09 bits per heavy atom. The smallest absolute Gasteiger partial charge is 0.265 e. The van der Waals surface area contributed by atoms with Gasteiger partial charge in [0.1, 0.15) is 10.6 Å². The number of rotatable bonds is 4. The molecule has 0 aliphatic heterocycles. The van der Waals surface area contributed by atoms with Crippen LogP contribution in [0.5, 0.6) is 5.75 Å². The summed E-state index contributed by atoms with van der Waals surface area (Å²) in [6.45, 7) is 0. The molecule has 122 valence electrons. The zero-order chi connectivity index (χ0) is 16.4. The molecule has 0 atom stereocenters. The second-order valence-electron chi connectivity index (χ2n) is 5.59. The van der Waals surface area contributed by atoms with Crippen molar-refractivity contribution in [3.63, 3.8) is 0 Å². The lowest BCUT2D eigenvalue weighted by Gasteiger charge is -2.19. The molecule has 0 fully saturated rings. The Kier molecular flexibility index (Phi) is 4.64. The topological polar surface area (TPSA) is 55.4 Å². The van der Waals surface area contributed by atoms with Crippen LogP contribution in [-0.4, -0.2) is 15.5 Å². The monoisotopic (exact) mass is 395 g/mol. The van der Waals surface area contributed by atoms with Crippen LogP contribution in [0.25, 0.3) is 0 Å². The molecule has 0 heterocycles. The van der Waals surface area contributed by atoms with Crippen LogP contribution >= 0.6 is 15.9 Å². The van der Waals surface area contributed by atoms with Crippen molar-refractivity contribution in [1.82, 2.24) is 0 Å². The molecule has 4 nitrogen and oxygen atoms in total. The number of hydrogen-bond acceptors (Lipinski definition) is 3. The van der Waals surface area contributed by atoms with Crippen LogP contribution < -0.4 is 9.46 Å². The number of benzene rings is 2. The molecule has 1 aliphatic carbocycles. The van der Waals surface area contributed by atoms with Gasteiger partial charge in [-0.05, 0) is 67.1 Å². The molecule has 2 aromatic rings. The van der Waals surface area contributed by atoms with Crippen molar-refractivity contribution in [2.75, 3.05) is 11.8 Å². The van der Waals surface area contributed by atoms with E-state index in [4.69, 9.17) is 4.74 Å². The summed E-state index contributed by atoms with van der Waals surface area (Å²) in [7, 11) is -2.20. The standard InChI is InChI=1S/C17H18BrNO3S/c1-22-16-9-12-5-2-3-6-13(12)10-17(16)23(20,21)19-15-8-4-7-14(18)11-15/h4,7-11,19H,2-3,5-6H2,1H3. The molecule has 0 bridgehead atoms. The van der Waals surface area contributed by atoms with Crippen molar-refractivity contribution < 1.29 is 13.2 Å². The number of aryl methyl sites for hydroxylation is 2. The van der Waals surface area contributed by atoms with Crippen molar-refractivity contribution in [2.45, 2.75) is 30.6 Å². The summed E-state index contributed by atoms with van der Waals surface area (Å²) in [5.41, 5.74) is 2.81. The van der Waals surface area contributed by atoms with Crippen molar-refractivity contribution in [3.8, 4) is 5.75 Å². The van der Waals surface area contributed by atoms with Gasteiger partial charge in [0.2, 0.25) is 0 Å². The van der Waals surface area contributed by atoms with Crippen LogP contribution in [0.2, 0.25) is 0 Å². The maximum atomic E-state index is 12.8. The van der Waals surface area contributed by atoms with E-state index in [9.17, 15) is 8.42 Å². The first kappa shape index (κ1) is 16.3. The van der Waals surface area contributed by atoms with E-state index >= 15 is 0 Å². The van der Waals surface area contributed by atoms with Gasteiger partial charge in [0.05, 0.1) is 7.11 Å². The van der Waals surface area contributed by atoms with Crippen LogP contribution in [0.4, 0.5) is 5.69 Å². The summed E-state index contributed by atoms with van der Waals surface area (Å²) in [5, 5.41) is 0. The number of ether oxygens (including phenoxy) is 1. The molecule has 23 heavy (non-hydrogen) atoms. The van der Waals surface area contributed by atoms with Gasteiger partial charge in [0.25, 0.3) is 10.0 Å². The van der Waals surface area contributed by atoms with E-state index in [2.05, 4.69) is 20.7 Å². The Morgan fingerprint density at radius 3 is 2.43 bits per heavy atom. The molecule has 2 aromatic carbocycles. The minimum absolute atomic E-state index is 0.195. The Labute approximate surface area is 145 Å². The Morgan fingerprint density at radius 2 is 1.78 bits per heavy atom. The molecule has 0 saturated heterocycles. The summed E-state index contributed by atoms with van der Waals surface area (Å²) >= 11 is 3.34. The van der Waals surface area contributed by atoms with Crippen LogP contribution in [0.15, 0.2) is 45.8 Å². The fourth-order valence-corrected chi connectivity index (χ4v) is 4.52. The second-order valence-corrected chi connectivity index (χ2v) is 8.16. The minimum atomic E-state index is -3.70. The Bertz CT molecular complexity index is 834. The van der Waals surface area contributed by atoms with E-state index in [-0.39, 0.29) is 4.90 Å². The van der Waals surface area contributed by atoms with Gasteiger partial charge in [0.15, 0.2) is 0 Å². The summed E-state index contributed by atoms with van der Waals surface area (Å²) < 4.78 is 34.3.